The molecule has 2 aromatic carbocycles. The Kier molecular flexibility index (Phi) is 6.02. The average molecular weight is 316 g/mol. The van der Waals surface area contributed by atoms with Crippen LogP contribution in [-0.2, 0) is 24.1 Å². The van der Waals surface area contributed by atoms with Crippen molar-refractivity contribution in [1.82, 2.24) is 0 Å². The summed E-state index contributed by atoms with van der Waals surface area (Å²) < 4.78 is 0. The van der Waals surface area contributed by atoms with Crippen molar-refractivity contribution in [3.63, 3.8) is 0 Å². The topological polar surface area (TPSA) is 29.1 Å². The van der Waals surface area contributed by atoms with Crippen LogP contribution in [0, 0.1) is 0 Å². The standard InChI is InChI=1S/C19H22ClNO/c1-3-15-11-12-17(20)16(4-2)19(15)21-18(22)13-10-14-8-6-5-7-9-14/h5-9,11-12H,3-4,10,13H2,1-2H3,(H,21,22). The van der Waals surface area contributed by atoms with Gasteiger partial charge in [-0.3, -0.25) is 4.79 Å². The third kappa shape index (κ3) is 4.11. The molecule has 116 valence electrons. The van der Waals surface area contributed by atoms with Crippen LogP contribution >= 0.6 is 11.6 Å². The van der Waals surface area contributed by atoms with E-state index in [1.54, 1.807) is 0 Å². The van der Waals surface area contributed by atoms with Gasteiger partial charge in [-0.05, 0) is 42.0 Å². The molecule has 3 heteroatoms. The summed E-state index contributed by atoms with van der Waals surface area (Å²) in [5, 5.41) is 3.79. The first-order valence-corrected chi connectivity index (χ1v) is 8.17. The van der Waals surface area contributed by atoms with Gasteiger partial charge in [-0.1, -0.05) is 61.8 Å². The lowest BCUT2D eigenvalue weighted by atomic mass is 10.0. The van der Waals surface area contributed by atoms with E-state index in [1.165, 1.54) is 5.56 Å². The summed E-state index contributed by atoms with van der Waals surface area (Å²) in [7, 11) is 0. The highest BCUT2D eigenvalue weighted by molar-refractivity contribution is 6.32. The van der Waals surface area contributed by atoms with Crippen molar-refractivity contribution in [1.29, 1.82) is 0 Å². The Bertz CT molecular complexity index is 637. The van der Waals surface area contributed by atoms with Crippen molar-refractivity contribution < 1.29 is 4.79 Å². The molecule has 0 fully saturated rings. The Morgan fingerprint density at radius 3 is 2.41 bits per heavy atom. The average Bonchev–Trinajstić information content (AvgIpc) is 2.54. The smallest absolute Gasteiger partial charge is 0.224 e. The van der Waals surface area contributed by atoms with Crippen LogP contribution in [0.25, 0.3) is 0 Å². The molecule has 22 heavy (non-hydrogen) atoms. The van der Waals surface area contributed by atoms with Crippen molar-refractivity contribution in [2.24, 2.45) is 0 Å². The summed E-state index contributed by atoms with van der Waals surface area (Å²) in [4.78, 5) is 12.3. The van der Waals surface area contributed by atoms with Crippen LogP contribution in [0.15, 0.2) is 42.5 Å². The molecule has 0 aliphatic rings. The maximum absolute atomic E-state index is 12.3. The highest BCUT2D eigenvalue weighted by atomic mass is 35.5. The third-order valence-electron chi connectivity index (χ3n) is 3.82. The molecule has 0 aliphatic heterocycles. The number of carbonyl (C=O) groups is 1. The fourth-order valence-electron chi connectivity index (χ4n) is 2.57. The maximum Gasteiger partial charge on any atom is 0.224 e. The molecule has 2 rings (SSSR count). The predicted molar refractivity (Wildman–Crippen MR) is 93.6 cm³/mol. The molecule has 0 heterocycles. The molecule has 0 aliphatic carbocycles. The molecule has 0 aromatic heterocycles. The number of rotatable bonds is 6. The Labute approximate surface area is 137 Å². The van der Waals surface area contributed by atoms with Gasteiger partial charge in [0.15, 0.2) is 0 Å². The SMILES string of the molecule is CCc1ccc(Cl)c(CC)c1NC(=O)CCc1ccccc1. The summed E-state index contributed by atoms with van der Waals surface area (Å²) in [6.07, 6.45) is 2.90. The van der Waals surface area contributed by atoms with Gasteiger partial charge in [0.25, 0.3) is 0 Å². The fraction of sp³-hybridized carbons (Fsp3) is 0.316. The lowest BCUT2D eigenvalue weighted by Gasteiger charge is -2.16. The maximum atomic E-state index is 12.3. The number of halogens is 1. The number of carbonyl (C=O) groups excluding carboxylic acids is 1. The molecule has 0 atom stereocenters. The Hall–Kier alpha value is -1.80. The van der Waals surface area contributed by atoms with Gasteiger partial charge in [0.1, 0.15) is 0 Å². The van der Waals surface area contributed by atoms with Crippen molar-refractivity contribution >= 4 is 23.2 Å². The Morgan fingerprint density at radius 1 is 1.05 bits per heavy atom. The molecule has 0 saturated carbocycles. The zero-order valence-corrected chi connectivity index (χ0v) is 13.9. The van der Waals surface area contributed by atoms with Crippen molar-refractivity contribution in [2.75, 3.05) is 5.32 Å². The third-order valence-corrected chi connectivity index (χ3v) is 4.18. The largest absolute Gasteiger partial charge is 0.326 e. The van der Waals surface area contributed by atoms with Crippen LogP contribution in [-0.4, -0.2) is 5.91 Å². The van der Waals surface area contributed by atoms with Crippen LogP contribution in [0.1, 0.15) is 37.0 Å². The monoisotopic (exact) mass is 315 g/mol. The highest BCUT2D eigenvalue weighted by Gasteiger charge is 2.13. The van der Waals surface area contributed by atoms with Gasteiger partial charge in [-0.15, -0.1) is 0 Å². The number of hydrogen-bond acceptors (Lipinski definition) is 1. The molecule has 0 saturated heterocycles. The van der Waals surface area contributed by atoms with E-state index in [0.29, 0.717) is 6.42 Å². The first-order valence-electron chi connectivity index (χ1n) is 7.79. The van der Waals surface area contributed by atoms with Gasteiger partial charge in [0.2, 0.25) is 5.91 Å². The number of anilines is 1. The van der Waals surface area contributed by atoms with E-state index >= 15 is 0 Å². The zero-order valence-electron chi connectivity index (χ0n) is 13.2. The van der Waals surface area contributed by atoms with Gasteiger partial charge < -0.3 is 5.32 Å². The minimum absolute atomic E-state index is 0.0375. The van der Waals surface area contributed by atoms with Crippen molar-refractivity contribution in [3.05, 3.63) is 64.2 Å². The van der Waals surface area contributed by atoms with E-state index in [-0.39, 0.29) is 5.91 Å². The lowest BCUT2D eigenvalue weighted by Crippen LogP contribution is -2.15. The van der Waals surface area contributed by atoms with E-state index in [9.17, 15) is 4.79 Å². The fourth-order valence-corrected chi connectivity index (χ4v) is 2.86. The predicted octanol–water partition coefficient (Wildman–Crippen LogP) is 5.04. The van der Waals surface area contributed by atoms with E-state index < -0.39 is 0 Å². The summed E-state index contributed by atoms with van der Waals surface area (Å²) >= 11 is 6.26. The second-order valence-electron chi connectivity index (χ2n) is 5.30. The molecular formula is C19H22ClNO. The van der Waals surface area contributed by atoms with E-state index in [1.807, 2.05) is 42.5 Å². The minimum atomic E-state index is 0.0375. The Morgan fingerprint density at radius 2 is 1.77 bits per heavy atom. The molecule has 0 unspecified atom stereocenters. The van der Waals surface area contributed by atoms with Gasteiger partial charge >= 0.3 is 0 Å². The Balaban J connectivity index is 2.09. The van der Waals surface area contributed by atoms with Crippen LogP contribution in [0.3, 0.4) is 0 Å². The van der Waals surface area contributed by atoms with E-state index in [2.05, 4.69) is 19.2 Å². The second kappa shape index (κ2) is 8.00. The molecule has 0 radical (unpaired) electrons. The van der Waals surface area contributed by atoms with Gasteiger partial charge in [-0.2, -0.15) is 0 Å². The number of aryl methyl sites for hydroxylation is 2. The molecule has 0 bridgehead atoms. The normalized spacial score (nSPS) is 10.5. The molecule has 2 aromatic rings. The van der Waals surface area contributed by atoms with Crippen LogP contribution < -0.4 is 5.32 Å². The lowest BCUT2D eigenvalue weighted by molar-refractivity contribution is -0.116. The summed E-state index contributed by atoms with van der Waals surface area (Å²) in [5.74, 6) is 0.0375. The summed E-state index contributed by atoms with van der Waals surface area (Å²) in [6.45, 7) is 4.14. The number of benzene rings is 2. The van der Waals surface area contributed by atoms with Crippen LogP contribution in [0.4, 0.5) is 5.69 Å². The summed E-state index contributed by atoms with van der Waals surface area (Å²) in [5.41, 5.74) is 4.23. The molecule has 1 amide bonds. The highest BCUT2D eigenvalue weighted by Crippen LogP contribution is 2.29. The van der Waals surface area contributed by atoms with Gasteiger partial charge in [0.05, 0.1) is 0 Å². The first kappa shape index (κ1) is 16.6. The van der Waals surface area contributed by atoms with E-state index in [0.717, 1.165) is 41.1 Å². The minimum Gasteiger partial charge on any atom is -0.326 e. The van der Waals surface area contributed by atoms with Gasteiger partial charge in [0, 0.05) is 17.1 Å². The molecular weight excluding hydrogens is 294 g/mol. The number of nitrogens with one attached hydrogen (secondary N) is 1. The molecule has 2 nitrogen and oxygen atoms in total. The van der Waals surface area contributed by atoms with Crippen molar-refractivity contribution in [3.8, 4) is 0 Å². The number of hydrogen-bond donors (Lipinski definition) is 1. The first-order chi connectivity index (χ1) is 10.7. The van der Waals surface area contributed by atoms with Crippen LogP contribution in [0.5, 0.6) is 0 Å². The number of amides is 1. The van der Waals surface area contributed by atoms with Crippen molar-refractivity contribution in [2.45, 2.75) is 39.5 Å². The second-order valence-corrected chi connectivity index (χ2v) is 5.71. The summed E-state index contributed by atoms with van der Waals surface area (Å²) in [6, 6.07) is 14.0. The van der Waals surface area contributed by atoms with E-state index in [4.69, 9.17) is 11.6 Å². The molecule has 0 spiro atoms. The van der Waals surface area contributed by atoms with Gasteiger partial charge in [-0.25, -0.2) is 0 Å². The quantitative estimate of drug-likeness (QED) is 0.795. The zero-order chi connectivity index (χ0) is 15.9. The molecule has 1 N–H and O–H groups in total. The van der Waals surface area contributed by atoms with Crippen LogP contribution in [0.2, 0.25) is 5.02 Å².